The van der Waals surface area contributed by atoms with E-state index in [1.165, 1.54) is 28.6 Å². The van der Waals surface area contributed by atoms with Crippen LogP contribution in [0.15, 0.2) is 29.2 Å². The third-order valence-electron chi connectivity index (χ3n) is 5.45. The van der Waals surface area contributed by atoms with Crippen molar-refractivity contribution in [2.24, 2.45) is 0 Å². The number of rotatable bonds is 5. The first-order chi connectivity index (χ1) is 13.3. The van der Waals surface area contributed by atoms with Crippen LogP contribution in [0.4, 0.5) is 4.79 Å². The summed E-state index contributed by atoms with van der Waals surface area (Å²) in [4.78, 5) is 38.5. The lowest BCUT2D eigenvalue weighted by atomic mass is 9.99. The van der Waals surface area contributed by atoms with Gasteiger partial charge in [0.2, 0.25) is 10.0 Å². The van der Waals surface area contributed by atoms with Crippen molar-refractivity contribution < 1.29 is 22.8 Å². The molecule has 1 aromatic rings. The molecule has 1 atom stereocenters. The van der Waals surface area contributed by atoms with E-state index < -0.39 is 27.4 Å². The van der Waals surface area contributed by atoms with Gasteiger partial charge in [0.1, 0.15) is 5.54 Å². The molecular formula is C18H21N3O5S2. The van der Waals surface area contributed by atoms with Gasteiger partial charge >= 0.3 is 6.03 Å². The van der Waals surface area contributed by atoms with E-state index in [4.69, 9.17) is 0 Å². The minimum absolute atomic E-state index is 0.142. The average molecular weight is 424 g/mol. The Bertz CT molecular complexity index is 917. The Labute approximate surface area is 167 Å². The molecule has 4 rings (SSSR count). The zero-order valence-electron chi connectivity index (χ0n) is 15.2. The molecule has 3 saturated heterocycles. The normalized spacial score (nSPS) is 25.6. The van der Waals surface area contributed by atoms with E-state index in [2.05, 4.69) is 5.32 Å². The molecule has 3 aliphatic rings. The first-order valence-electron chi connectivity index (χ1n) is 9.19. The Balaban J connectivity index is 1.47. The van der Waals surface area contributed by atoms with Gasteiger partial charge < -0.3 is 5.32 Å². The van der Waals surface area contributed by atoms with Crippen LogP contribution >= 0.6 is 11.8 Å². The van der Waals surface area contributed by atoms with Gasteiger partial charge in [-0.05, 0) is 49.3 Å². The average Bonchev–Trinajstić information content (AvgIpc) is 3.41. The Kier molecular flexibility index (Phi) is 4.96. The van der Waals surface area contributed by atoms with Crippen LogP contribution in [-0.2, 0) is 14.8 Å². The van der Waals surface area contributed by atoms with Crippen LogP contribution in [0, 0.1) is 0 Å². The monoisotopic (exact) mass is 423 g/mol. The van der Waals surface area contributed by atoms with Crippen LogP contribution in [0.1, 0.15) is 29.6 Å². The Morgan fingerprint density at radius 3 is 2.43 bits per heavy atom. The predicted molar refractivity (Wildman–Crippen MR) is 104 cm³/mol. The molecule has 0 bridgehead atoms. The molecule has 0 radical (unpaired) electrons. The van der Waals surface area contributed by atoms with Gasteiger partial charge in [0.25, 0.3) is 5.91 Å². The Morgan fingerprint density at radius 2 is 1.82 bits per heavy atom. The number of imide groups is 1. The molecule has 0 aromatic heterocycles. The number of nitrogens with one attached hydrogen (secondary N) is 1. The Morgan fingerprint density at radius 1 is 1.14 bits per heavy atom. The second-order valence-electron chi connectivity index (χ2n) is 7.26. The summed E-state index contributed by atoms with van der Waals surface area (Å²) < 4.78 is 26.6. The minimum Gasteiger partial charge on any atom is -0.322 e. The molecular weight excluding hydrogens is 402 g/mol. The number of amides is 3. The third kappa shape index (κ3) is 3.23. The Hall–Kier alpha value is -1.91. The number of urea groups is 1. The number of ketones is 1. The third-order valence-corrected chi connectivity index (χ3v) is 8.55. The fourth-order valence-electron chi connectivity index (χ4n) is 3.78. The van der Waals surface area contributed by atoms with Crippen molar-refractivity contribution >= 4 is 39.5 Å². The first-order valence-corrected chi connectivity index (χ1v) is 11.8. The second kappa shape index (κ2) is 7.16. The number of hydrogen-bond donors (Lipinski definition) is 1. The lowest BCUT2D eigenvalue weighted by Crippen LogP contribution is -2.47. The fraction of sp³-hybridized carbons (Fsp3) is 0.500. The van der Waals surface area contributed by atoms with Crippen molar-refractivity contribution in [3.05, 3.63) is 29.8 Å². The van der Waals surface area contributed by atoms with Crippen molar-refractivity contribution in [3.63, 3.8) is 0 Å². The number of carbonyl (C=O) groups is 3. The maximum absolute atomic E-state index is 12.6. The number of nitrogens with zero attached hydrogens (tertiary/aromatic N) is 2. The van der Waals surface area contributed by atoms with E-state index in [1.807, 2.05) is 0 Å². The summed E-state index contributed by atoms with van der Waals surface area (Å²) in [6.07, 6.45) is 2.26. The minimum atomic E-state index is -3.55. The van der Waals surface area contributed by atoms with Crippen molar-refractivity contribution in [1.29, 1.82) is 0 Å². The highest BCUT2D eigenvalue weighted by molar-refractivity contribution is 7.99. The molecule has 1 N–H and O–H groups in total. The highest BCUT2D eigenvalue weighted by Crippen LogP contribution is 2.33. The summed E-state index contributed by atoms with van der Waals surface area (Å²) in [5.41, 5.74) is -0.613. The van der Waals surface area contributed by atoms with Crippen LogP contribution in [0.25, 0.3) is 0 Å². The maximum atomic E-state index is 12.6. The molecule has 8 nitrogen and oxygen atoms in total. The molecule has 0 unspecified atom stereocenters. The van der Waals surface area contributed by atoms with E-state index in [0.29, 0.717) is 25.3 Å². The molecule has 10 heteroatoms. The lowest BCUT2D eigenvalue weighted by molar-refractivity contribution is -0.130. The summed E-state index contributed by atoms with van der Waals surface area (Å²) in [5.74, 6) is 0.548. The number of thioether (sulfide) groups is 1. The van der Waals surface area contributed by atoms with Gasteiger partial charge in [0.05, 0.1) is 11.4 Å². The number of sulfonamides is 1. The van der Waals surface area contributed by atoms with Crippen molar-refractivity contribution in [1.82, 2.24) is 14.5 Å². The molecule has 3 aliphatic heterocycles. The number of benzene rings is 1. The number of Topliss-reactive ketones (excluding diaryl/α,β-unsaturated/α-hetero) is 1. The van der Waals surface area contributed by atoms with Crippen molar-refractivity contribution in [2.75, 3.05) is 31.1 Å². The zero-order valence-corrected chi connectivity index (χ0v) is 16.9. The summed E-state index contributed by atoms with van der Waals surface area (Å²) in [6.45, 7) is 0.666. The van der Waals surface area contributed by atoms with Crippen LogP contribution in [-0.4, -0.2) is 72.0 Å². The van der Waals surface area contributed by atoms with Gasteiger partial charge in [-0.15, -0.1) is 0 Å². The highest BCUT2D eigenvalue weighted by atomic mass is 32.2. The first kappa shape index (κ1) is 19.4. The number of hydrogen-bond acceptors (Lipinski definition) is 6. The van der Waals surface area contributed by atoms with E-state index in [1.54, 1.807) is 11.8 Å². The van der Waals surface area contributed by atoms with Crippen LogP contribution in [0.5, 0.6) is 0 Å². The highest BCUT2D eigenvalue weighted by Gasteiger charge is 2.53. The summed E-state index contributed by atoms with van der Waals surface area (Å²) in [5, 5.41) is 2.73. The smallest absolute Gasteiger partial charge is 0.322 e. The molecule has 0 aliphatic carbocycles. The van der Waals surface area contributed by atoms with Gasteiger partial charge in [0.15, 0.2) is 5.78 Å². The van der Waals surface area contributed by atoms with Gasteiger partial charge in [-0.1, -0.05) is 0 Å². The topological polar surface area (TPSA) is 104 Å². The van der Waals surface area contributed by atoms with E-state index >= 15 is 0 Å². The fourth-order valence-corrected chi connectivity index (χ4v) is 6.62. The van der Waals surface area contributed by atoms with Crippen LogP contribution in [0.2, 0.25) is 0 Å². The van der Waals surface area contributed by atoms with E-state index in [-0.39, 0.29) is 22.9 Å². The molecule has 3 fully saturated rings. The van der Waals surface area contributed by atoms with Crippen molar-refractivity contribution in [2.45, 2.75) is 29.7 Å². The van der Waals surface area contributed by atoms with Gasteiger partial charge in [0, 0.05) is 24.4 Å². The second-order valence-corrected chi connectivity index (χ2v) is 10.3. The SMILES string of the molecule is O=C(CN1C(=O)N[C@@]2(CCSC2)C1=O)c1ccc(S(=O)(=O)N2CCCC2)cc1. The molecule has 1 aromatic carbocycles. The van der Waals surface area contributed by atoms with Crippen LogP contribution in [0.3, 0.4) is 0 Å². The van der Waals surface area contributed by atoms with E-state index in [0.717, 1.165) is 23.5 Å². The maximum Gasteiger partial charge on any atom is 0.325 e. The van der Waals surface area contributed by atoms with Gasteiger partial charge in [-0.2, -0.15) is 16.1 Å². The summed E-state index contributed by atoms with van der Waals surface area (Å²) in [6, 6.07) is 5.13. The van der Waals surface area contributed by atoms with Crippen LogP contribution < -0.4 is 5.32 Å². The molecule has 150 valence electrons. The molecule has 3 amide bonds. The summed E-state index contributed by atoms with van der Waals surface area (Å²) >= 11 is 1.60. The lowest BCUT2D eigenvalue weighted by Gasteiger charge is -2.19. The number of carbonyl (C=O) groups excluding carboxylic acids is 3. The standard InChI is InChI=1S/C18H21N3O5S2/c22-15(11-21-16(23)18(19-17(21)24)7-10-27-12-18)13-3-5-14(6-4-13)28(25,26)20-8-1-2-9-20/h3-6H,1-2,7-12H2,(H,19,24)/t18-/m1/s1. The summed E-state index contributed by atoms with van der Waals surface area (Å²) in [7, 11) is -3.55. The molecule has 3 heterocycles. The molecule has 0 saturated carbocycles. The molecule has 28 heavy (non-hydrogen) atoms. The van der Waals surface area contributed by atoms with E-state index in [9.17, 15) is 22.8 Å². The molecule has 1 spiro atoms. The van der Waals surface area contributed by atoms with Gasteiger partial charge in [-0.3, -0.25) is 14.5 Å². The van der Waals surface area contributed by atoms with Gasteiger partial charge in [-0.25, -0.2) is 13.2 Å². The quantitative estimate of drug-likeness (QED) is 0.561. The van der Waals surface area contributed by atoms with Crippen molar-refractivity contribution in [3.8, 4) is 0 Å². The predicted octanol–water partition coefficient (Wildman–Crippen LogP) is 1.08. The largest absolute Gasteiger partial charge is 0.325 e. The zero-order chi connectivity index (χ0) is 19.9.